The first kappa shape index (κ1) is 41.8. The van der Waals surface area contributed by atoms with Crippen LogP contribution in [0.2, 0.25) is 0 Å². The molecule has 2 unspecified atom stereocenters. The molecule has 320 valence electrons. The molecule has 0 aliphatic carbocycles. The number of likely N-dealkylation sites (tertiary alicyclic amines) is 1. The van der Waals surface area contributed by atoms with Crippen molar-refractivity contribution in [1.29, 1.82) is 0 Å². The number of hydrogen-bond acceptors (Lipinski definition) is 8. The third kappa shape index (κ3) is 8.49. The molecule has 3 saturated heterocycles. The summed E-state index contributed by atoms with van der Waals surface area (Å²) in [4.78, 5) is 53.8. The second kappa shape index (κ2) is 18.4. The highest BCUT2D eigenvalue weighted by atomic mass is 32.2. The lowest BCUT2D eigenvalue weighted by atomic mass is 9.97. The van der Waals surface area contributed by atoms with Crippen LogP contribution in [0.15, 0.2) is 122 Å². The number of thioether (sulfide) groups is 1. The summed E-state index contributed by atoms with van der Waals surface area (Å²) >= 11 is 1.88. The first-order chi connectivity index (χ1) is 30.2. The fourth-order valence-corrected chi connectivity index (χ4v) is 11.2. The van der Waals surface area contributed by atoms with Gasteiger partial charge in [0.05, 0.1) is 35.2 Å². The number of nitrogens with zero attached hydrogens (tertiary/aromatic N) is 6. The van der Waals surface area contributed by atoms with Crippen molar-refractivity contribution in [3.63, 3.8) is 0 Å². The lowest BCUT2D eigenvalue weighted by Gasteiger charge is -2.38. The number of aromatic nitrogens is 4. The van der Waals surface area contributed by atoms with Crippen LogP contribution in [0.3, 0.4) is 0 Å². The quantitative estimate of drug-likeness (QED) is 0.126. The van der Waals surface area contributed by atoms with Crippen molar-refractivity contribution in [1.82, 2.24) is 39.5 Å². The van der Waals surface area contributed by atoms with Gasteiger partial charge in [-0.15, -0.1) is 11.8 Å². The summed E-state index contributed by atoms with van der Waals surface area (Å²) in [5.74, 6) is 3.02. The monoisotopic (exact) mass is 848 g/mol. The molecule has 2 aromatic heterocycles. The van der Waals surface area contributed by atoms with Gasteiger partial charge in [-0.25, -0.2) is 9.97 Å². The van der Waals surface area contributed by atoms with Gasteiger partial charge in [0.2, 0.25) is 11.8 Å². The lowest BCUT2D eigenvalue weighted by molar-refractivity contribution is -0.140. The molecule has 4 aromatic carbocycles. The van der Waals surface area contributed by atoms with Crippen molar-refractivity contribution in [2.45, 2.75) is 55.2 Å². The molecule has 0 saturated carbocycles. The third-order valence-corrected chi connectivity index (χ3v) is 14.2. The Balaban J connectivity index is 0.890. The highest BCUT2D eigenvalue weighted by Crippen LogP contribution is 2.46. The Morgan fingerprint density at radius 2 is 1.13 bits per heavy atom. The molecule has 2 amide bonds. The maximum Gasteiger partial charge on any atom is 0.246 e. The number of rotatable bonds is 12. The predicted molar refractivity (Wildman–Crippen MR) is 246 cm³/mol. The number of benzene rings is 4. The lowest BCUT2D eigenvalue weighted by Crippen LogP contribution is -2.47. The van der Waals surface area contributed by atoms with Crippen molar-refractivity contribution in [2.75, 3.05) is 53.7 Å². The van der Waals surface area contributed by atoms with E-state index < -0.39 is 6.04 Å². The van der Waals surface area contributed by atoms with Gasteiger partial charge >= 0.3 is 0 Å². The molecule has 9 rings (SSSR count). The number of ether oxygens (including phenoxy) is 1. The second-order valence-corrected chi connectivity index (χ2v) is 18.3. The number of carbonyl (C=O) groups is 2. The Labute approximate surface area is 368 Å². The number of nitrogens with one attached hydrogen (secondary N) is 2. The highest BCUT2D eigenvalue weighted by Gasteiger charge is 2.46. The summed E-state index contributed by atoms with van der Waals surface area (Å²) < 4.78 is 5.73. The molecule has 5 atom stereocenters. The Morgan fingerprint density at radius 1 is 0.645 bits per heavy atom. The molecule has 2 N–H and O–H groups in total. The Kier molecular flexibility index (Phi) is 12.4. The van der Waals surface area contributed by atoms with Crippen LogP contribution >= 0.6 is 11.8 Å². The first-order valence-corrected chi connectivity index (χ1v) is 22.9. The van der Waals surface area contributed by atoms with E-state index in [4.69, 9.17) is 14.7 Å². The highest BCUT2D eigenvalue weighted by molar-refractivity contribution is 8.00. The van der Waals surface area contributed by atoms with Crippen LogP contribution < -0.4 is 0 Å². The van der Waals surface area contributed by atoms with E-state index in [-0.39, 0.29) is 35.3 Å². The van der Waals surface area contributed by atoms with E-state index in [1.807, 2.05) is 128 Å². The Hall–Kier alpha value is -5.53. The first-order valence-electron chi connectivity index (χ1n) is 21.8. The predicted octanol–water partition coefficient (Wildman–Crippen LogP) is 8.77. The fraction of sp³-hybridized carbons (Fsp3) is 0.360. The molecule has 12 heteroatoms. The largest absolute Gasteiger partial charge is 0.381 e. The standard InChI is InChI=1S/C50H56N8O3S/c1-55(2)44(37-12-7-5-8-13-37)48(59)57-27-11-16-42(57)46-51-30-40(53-46)35-21-17-33(18-22-35)34-19-23-36(24-20-34)41-31-52-47(54-41)43-32-62-50(39-25-28-61-29-26-39)58(43)49(60)45(56(3)4)38-14-9-6-10-15-38/h5-10,12-15,17-24,30-31,39,42-45,50H,11,16,25-29,32H2,1-4H3,(H,51,53)(H,52,54)/t42-,43-,44+,45?,50?/m0/s1. The van der Waals surface area contributed by atoms with Crippen molar-refractivity contribution in [3.05, 3.63) is 144 Å². The van der Waals surface area contributed by atoms with E-state index in [0.29, 0.717) is 5.92 Å². The van der Waals surface area contributed by atoms with Crippen LogP contribution in [-0.4, -0.2) is 110 Å². The molecule has 11 nitrogen and oxygen atoms in total. The van der Waals surface area contributed by atoms with Gasteiger partial charge in [-0.05, 0) is 93.2 Å². The zero-order valence-corrected chi connectivity index (χ0v) is 36.8. The molecule has 6 aromatic rings. The van der Waals surface area contributed by atoms with Crippen LogP contribution in [0.5, 0.6) is 0 Å². The fourth-order valence-electron chi connectivity index (χ4n) is 9.58. The van der Waals surface area contributed by atoms with E-state index in [1.165, 1.54) is 0 Å². The van der Waals surface area contributed by atoms with Gasteiger partial charge in [0.25, 0.3) is 0 Å². The van der Waals surface area contributed by atoms with Crippen LogP contribution in [0.4, 0.5) is 0 Å². The molecule has 5 heterocycles. The number of aromatic amines is 2. The van der Waals surface area contributed by atoms with Gasteiger partial charge in [-0.2, -0.15) is 0 Å². The van der Waals surface area contributed by atoms with E-state index in [2.05, 4.69) is 63.4 Å². The minimum atomic E-state index is -0.394. The molecule has 62 heavy (non-hydrogen) atoms. The van der Waals surface area contributed by atoms with E-state index >= 15 is 0 Å². The van der Waals surface area contributed by atoms with Crippen LogP contribution in [-0.2, 0) is 14.3 Å². The zero-order valence-electron chi connectivity index (χ0n) is 36.0. The summed E-state index contributed by atoms with van der Waals surface area (Å²) in [6.07, 6.45) is 7.50. The molecular weight excluding hydrogens is 793 g/mol. The Bertz CT molecular complexity index is 2430. The van der Waals surface area contributed by atoms with Crippen LogP contribution in [0.25, 0.3) is 33.6 Å². The maximum absolute atomic E-state index is 14.7. The van der Waals surface area contributed by atoms with Gasteiger partial charge in [0.15, 0.2) is 0 Å². The average molecular weight is 849 g/mol. The molecule has 3 aliphatic rings. The van der Waals surface area contributed by atoms with Crippen molar-refractivity contribution < 1.29 is 14.3 Å². The zero-order chi connectivity index (χ0) is 42.7. The summed E-state index contributed by atoms with van der Waals surface area (Å²) in [6, 6.07) is 36.2. The number of likely N-dealkylation sites (N-methyl/N-ethyl adjacent to an activating group) is 2. The van der Waals surface area contributed by atoms with E-state index in [9.17, 15) is 9.59 Å². The van der Waals surface area contributed by atoms with E-state index in [0.717, 1.165) is 108 Å². The van der Waals surface area contributed by atoms with Crippen molar-refractivity contribution >= 4 is 23.6 Å². The Morgan fingerprint density at radius 3 is 1.65 bits per heavy atom. The summed E-state index contributed by atoms with van der Waals surface area (Å²) in [7, 11) is 7.89. The summed E-state index contributed by atoms with van der Waals surface area (Å²) in [5.41, 5.74) is 8.14. The molecule has 0 bridgehead atoms. The van der Waals surface area contributed by atoms with Crippen LogP contribution in [0, 0.1) is 5.92 Å². The molecule has 3 fully saturated rings. The summed E-state index contributed by atoms with van der Waals surface area (Å²) in [6.45, 7) is 2.19. The third-order valence-electron chi connectivity index (χ3n) is 12.8. The number of amides is 2. The average Bonchev–Trinajstić information content (AvgIpc) is 4.15. The maximum atomic E-state index is 14.7. The second-order valence-electron chi connectivity index (χ2n) is 17.2. The molecular formula is C50H56N8O3S. The van der Waals surface area contributed by atoms with Gasteiger partial charge in [0, 0.05) is 25.5 Å². The number of H-pyrrole nitrogens is 2. The smallest absolute Gasteiger partial charge is 0.246 e. The van der Waals surface area contributed by atoms with E-state index in [1.54, 1.807) is 0 Å². The molecule has 0 radical (unpaired) electrons. The van der Waals surface area contributed by atoms with Crippen molar-refractivity contribution in [2.24, 2.45) is 5.92 Å². The van der Waals surface area contributed by atoms with Gasteiger partial charge in [0.1, 0.15) is 29.8 Å². The van der Waals surface area contributed by atoms with Gasteiger partial charge < -0.3 is 24.5 Å². The summed E-state index contributed by atoms with van der Waals surface area (Å²) in [5, 5.41) is 0.0619. The van der Waals surface area contributed by atoms with Gasteiger partial charge in [-0.1, -0.05) is 109 Å². The minimum absolute atomic E-state index is 0.0619. The SMILES string of the molecule is CN(C)C(C(=O)N1C(C2CCOCC2)SC[C@H]1c1ncc(-c2ccc(-c3ccc(-c4cnc([C@@H]5CCCN5C(=O)[C@@H](c5ccccc5)N(C)C)[nH]4)cc3)cc2)[nH]1)c1ccccc1. The minimum Gasteiger partial charge on any atom is -0.381 e. The topological polar surface area (TPSA) is 114 Å². The molecule has 0 spiro atoms. The number of imidazole rings is 2. The number of hydrogen-bond donors (Lipinski definition) is 2. The number of carbonyl (C=O) groups excluding carboxylic acids is 2. The van der Waals surface area contributed by atoms with Crippen molar-refractivity contribution in [3.8, 4) is 33.6 Å². The molecule has 3 aliphatic heterocycles. The van der Waals surface area contributed by atoms with Crippen LogP contribution in [0.1, 0.15) is 72.6 Å². The van der Waals surface area contributed by atoms with Gasteiger partial charge in [-0.3, -0.25) is 19.4 Å². The normalized spacial score (nSPS) is 20.6.